The molecule has 2 nitrogen and oxygen atoms in total. The Morgan fingerprint density at radius 3 is 2.87 bits per heavy atom. The summed E-state index contributed by atoms with van der Waals surface area (Å²) in [6.07, 6.45) is 4.80. The second-order valence-electron chi connectivity index (χ2n) is 4.65. The molecule has 0 saturated carbocycles. The lowest BCUT2D eigenvalue weighted by molar-refractivity contribution is -0.138. The van der Waals surface area contributed by atoms with Crippen LogP contribution in [0.25, 0.3) is 0 Å². The van der Waals surface area contributed by atoms with Crippen molar-refractivity contribution in [2.45, 2.75) is 46.1 Å². The van der Waals surface area contributed by atoms with Crippen molar-refractivity contribution in [1.29, 1.82) is 0 Å². The summed E-state index contributed by atoms with van der Waals surface area (Å²) in [5.74, 6) is 0.420. The van der Waals surface area contributed by atoms with Crippen LogP contribution in [0.4, 0.5) is 0 Å². The van der Waals surface area contributed by atoms with Gasteiger partial charge in [-0.25, -0.2) is 4.79 Å². The van der Waals surface area contributed by atoms with E-state index < -0.39 is 0 Å². The van der Waals surface area contributed by atoms with E-state index in [1.165, 1.54) is 5.57 Å². The summed E-state index contributed by atoms with van der Waals surface area (Å²) >= 11 is 0. The fourth-order valence-electron chi connectivity index (χ4n) is 1.88. The van der Waals surface area contributed by atoms with E-state index in [0.29, 0.717) is 5.92 Å². The highest BCUT2D eigenvalue weighted by Gasteiger charge is 2.24. The van der Waals surface area contributed by atoms with Gasteiger partial charge in [-0.2, -0.15) is 0 Å². The third-order valence-corrected chi connectivity index (χ3v) is 2.54. The van der Waals surface area contributed by atoms with Crippen LogP contribution in [0.2, 0.25) is 0 Å². The largest absolute Gasteiger partial charge is 0.459 e. The van der Waals surface area contributed by atoms with E-state index in [0.717, 1.165) is 24.8 Å². The first-order chi connectivity index (χ1) is 6.99. The summed E-state index contributed by atoms with van der Waals surface area (Å²) in [6, 6.07) is 0. The van der Waals surface area contributed by atoms with Crippen LogP contribution in [0, 0.1) is 5.92 Å². The smallest absolute Gasteiger partial charge is 0.334 e. The van der Waals surface area contributed by atoms with Gasteiger partial charge in [0.25, 0.3) is 0 Å². The molecule has 0 N–H and O–H groups in total. The predicted octanol–water partition coefficient (Wildman–Crippen LogP) is 3.24. The van der Waals surface area contributed by atoms with Crippen LogP contribution in [-0.4, -0.2) is 12.1 Å². The number of cyclic esters (lactones) is 1. The monoisotopic (exact) mass is 208 g/mol. The van der Waals surface area contributed by atoms with E-state index in [-0.39, 0.29) is 12.1 Å². The average Bonchev–Trinajstić information content (AvgIpc) is 2.40. The Labute approximate surface area is 92.0 Å². The van der Waals surface area contributed by atoms with Crippen molar-refractivity contribution in [3.63, 3.8) is 0 Å². The Morgan fingerprint density at radius 1 is 1.73 bits per heavy atom. The second kappa shape index (κ2) is 5.15. The lowest BCUT2D eigenvalue weighted by Gasteiger charge is -2.07. The van der Waals surface area contributed by atoms with Crippen molar-refractivity contribution >= 4 is 5.97 Å². The molecule has 1 rings (SSSR count). The number of carbonyl (C=O) groups is 1. The van der Waals surface area contributed by atoms with Crippen molar-refractivity contribution in [2.75, 3.05) is 0 Å². The summed E-state index contributed by atoms with van der Waals surface area (Å²) in [4.78, 5) is 11.3. The number of rotatable bonds is 4. The molecule has 1 unspecified atom stereocenters. The van der Waals surface area contributed by atoms with Gasteiger partial charge in [-0.15, -0.1) is 6.58 Å². The molecule has 2 atom stereocenters. The molecule has 2 heteroatoms. The molecule has 0 radical (unpaired) electrons. The molecular formula is C13H20O2. The number of esters is 1. The maximum Gasteiger partial charge on any atom is 0.334 e. The van der Waals surface area contributed by atoms with E-state index in [2.05, 4.69) is 13.5 Å². The molecule has 1 aliphatic rings. The van der Waals surface area contributed by atoms with Gasteiger partial charge in [-0.1, -0.05) is 18.6 Å². The Morgan fingerprint density at radius 2 is 2.40 bits per heavy atom. The molecular weight excluding hydrogens is 188 g/mol. The molecule has 0 aromatic carbocycles. The third kappa shape index (κ3) is 3.90. The van der Waals surface area contributed by atoms with E-state index >= 15 is 0 Å². The minimum atomic E-state index is -0.134. The highest BCUT2D eigenvalue weighted by atomic mass is 16.5. The van der Waals surface area contributed by atoms with Gasteiger partial charge in [-0.3, -0.25) is 0 Å². The van der Waals surface area contributed by atoms with Crippen molar-refractivity contribution in [2.24, 2.45) is 5.92 Å². The quantitative estimate of drug-likeness (QED) is 0.403. The van der Waals surface area contributed by atoms with Crippen molar-refractivity contribution in [3.8, 4) is 0 Å². The SMILES string of the molecule is C=C(C)CC(C)CC=C1C[C@@H](C)OC1=O. The van der Waals surface area contributed by atoms with Crippen molar-refractivity contribution in [3.05, 3.63) is 23.8 Å². The van der Waals surface area contributed by atoms with Crippen molar-refractivity contribution in [1.82, 2.24) is 0 Å². The molecule has 0 aromatic rings. The van der Waals surface area contributed by atoms with E-state index in [4.69, 9.17) is 4.74 Å². The van der Waals surface area contributed by atoms with Crippen LogP contribution in [0.15, 0.2) is 23.8 Å². The highest BCUT2D eigenvalue weighted by Crippen LogP contribution is 2.22. The van der Waals surface area contributed by atoms with Crippen LogP contribution in [0.3, 0.4) is 0 Å². The van der Waals surface area contributed by atoms with Gasteiger partial charge in [0, 0.05) is 12.0 Å². The Hall–Kier alpha value is -1.05. The molecule has 0 aliphatic carbocycles. The minimum absolute atomic E-state index is 0.0557. The summed E-state index contributed by atoms with van der Waals surface area (Å²) in [5.41, 5.74) is 2.04. The molecule has 1 fully saturated rings. The van der Waals surface area contributed by atoms with E-state index in [1.807, 2.05) is 19.9 Å². The zero-order valence-corrected chi connectivity index (χ0v) is 9.88. The molecule has 84 valence electrons. The summed E-state index contributed by atoms with van der Waals surface area (Å²) < 4.78 is 5.06. The summed E-state index contributed by atoms with van der Waals surface area (Å²) in [7, 11) is 0. The first-order valence-electron chi connectivity index (χ1n) is 5.53. The molecule has 1 saturated heterocycles. The van der Waals surface area contributed by atoms with Gasteiger partial charge in [0.2, 0.25) is 0 Å². The predicted molar refractivity (Wildman–Crippen MR) is 61.5 cm³/mol. The zero-order chi connectivity index (χ0) is 11.4. The van der Waals surface area contributed by atoms with Gasteiger partial charge in [0.05, 0.1) is 0 Å². The molecule has 0 spiro atoms. The fourth-order valence-corrected chi connectivity index (χ4v) is 1.88. The minimum Gasteiger partial charge on any atom is -0.459 e. The molecule has 15 heavy (non-hydrogen) atoms. The van der Waals surface area contributed by atoms with Gasteiger partial charge in [-0.05, 0) is 32.6 Å². The molecule has 0 amide bonds. The summed E-state index contributed by atoms with van der Waals surface area (Å²) in [6.45, 7) is 10.0. The van der Waals surface area contributed by atoms with Crippen molar-refractivity contribution < 1.29 is 9.53 Å². The number of hydrogen-bond donors (Lipinski definition) is 0. The van der Waals surface area contributed by atoms with Crippen LogP contribution >= 0.6 is 0 Å². The molecule has 1 heterocycles. The van der Waals surface area contributed by atoms with Gasteiger partial charge in [0.15, 0.2) is 0 Å². The first-order valence-corrected chi connectivity index (χ1v) is 5.53. The average molecular weight is 208 g/mol. The zero-order valence-electron chi connectivity index (χ0n) is 9.88. The molecule has 0 bridgehead atoms. The first kappa shape index (κ1) is 12.0. The number of hydrogen-bond acceptors (Lipinski definition) is 2. The topological polar surface area (TPSA) is 26.3 Å². The maximum atomic E-state index is 11.3. The Kier molecular flexibility index (Phi) is 4.13. The van der Waals surface area contributed by atoms with E-state index in [9.17, 15) is 4.79 Å². The summed E-state index contributed by atoms with van der Waals surface area (Å²) in [5, 5.41) is 0. The van der Waals surface area contributed by atoms with Crippen LogP contribution < -0.4 is 0 Å². The number of allylic oxidation sites excluding steroid dienone is 2. The van der Waals surface area contributed by atoms with Gasteiger partial charge in [0.1, 0.15) is 6.10 Å². The normalized spacial score (nSPS) is 25.4. The maximum absolute atomic E-state index is 11.3. The Balaban J connectivity index is 2.44. The number of ether oxygens (including phenoxy) is 1. The van der Waals surface area contributed by atoms with Crippen LogP contribution in [0.5, 0.6) is 0 Å². The van der Waals surface area contributed by atoms with Crippen LogP contribution in [-0.2, 0) is 9.53 Å². The number of carbonyl (C=O) groups excluding carboxylic acids is 1. The highest BCUT2D eigenvalue weighted by molar-refractivity contribution is 5.90. The fraction of sp³-hybridized carbons (Fsp3) is 0.615. The van der Waals surface area contributed by atoms with Gasteiger partial charge < -0.3 is 4.74 Å². The second-order valence-corrected chi connectivity index (χ2v) is 4.65. The third-order valence-electron chi connectivity index (χ3n) is 2.54. The lowest BCUT2D eigenvalue weighted by Crippen LogP contribution is -2.00. The van der Waals surface area contributed by atoms with E-state index in [1.54, 1.807) is 0 Å². The molecule has 0 aromatic heterocycles. The Bertz CT molecular complexity index is 289. The molecule has 1 aliphatic heterocycles. The standard InChI is InChI=1S/C13H20O2/c1-9(2)7-10(3)5-6-12-8-11(4)15-13(12)14/h6,10-11H,1,5,7-8H2,2-4H3/t10?,11-/m1/s1. The van der Waals surface area contributed by atoms with Gasteiger partial charge >= 0.3 is 5.97 Å². The van der Waals surface area contributed by atoms with Crippen LogP contribution in [0.1, 0.15) is 40.0 Å². The lowest BCUT2D eigenvalue weighted by atomic mass is 9.98.